The molecule has 0 aliphatic rings. The molecule has 4 heteroatoms. The third kappa shape index (κ3) is 4.31. The van der Waals surface area contributed by atoms with Gasteiger partial charge in [-0.2, -0.15) is 0 Å². The fourth-order valence-corrected chi connectivity index (χ4v) is 0.964. The van der Waals surface area contributed by atoms with E-state index in [0.29, 0.717) is 6.54 Å². The van der Waals surface area contributed by atoms with Crippen LogP contribution in [0.15, 0.2) is 0 Å². The molecule has 0 aliphatic carbocycles. The van der Waals surface area contributed by atoms with Gasteiger partial charge in [-0.05, 0) is 19.4 Å². The first-order valence-electron chi connectivity index (χ1n) is 4.26. The number of likely N-dealkylation sites (N-methyl/N-ethyl adjacent to an activating group) is 1. The minimum atomic E-state index is -0.355. The van der Waals surface area contributed by atoms with Gasteiger partial charge in [-0.15, -0.1) is 0 Å². The van der Waals surface area contributed by atoms with Gasteiger partial charge in [0.1, 0.15) is 0 Å². The molecule has 0 aromatic heterocycles. The van der Waals surface area contributed by atoms with E-state index in [1.54, 1.807) is 14.1 Å². The monoisotopic (exact) mass is 173 g/mol. The summed E-state index contributed by atoms with van der Waals surface area (Å²) in [7, 11) is 3.43. The van der Waals surface area contributed by atoms with Crippen LogP contribution in [0.4, 0.5) is 0 Å². The normalized spacial score (nSPS) is 12.7. The molecule has 0 unspecified atom stereocenters. The second kappa shape index (κ2) is 5.97. The zero-order valence-corrected chi connectivity index (χ0v) is 7.92. The Kier molecular flexibility index (Phi) is 5.66. The zero-order chi connectivity index (χ0) is 9.56. The molecule has 4 N–H and O–H groups in total. The molecule has 0 saturated heterocycles. The number of hydrogen-bond donors (Lipinski definition) is 2. The second-order valence-corrected chi connectivity index (χ2v) is 3.12. The number of nitrogens with zero attached hydrogens (tertiary/aromatic N) is 1. The first-order chi connectivity index (χ1) is 5.59. The lowest BCUT2D eigenvalue weighted by molar-refractivity contribution is -0.130. The molecule has 1 atom stereocenters. The predicted molar refractivity (Wildman–Crippen MR) is 49.6 cm³/mol. The number of hydrogen-bond acceptors (Lipinski definition) is 3. The Morgan fingerprint density at radius 2 is 2.00 bits per heavy atom. The van der Waals surface area contributed by atoms with Crippen molar-refractivity contribution in [2.75, 3.05) is 20.6 Å². The van der Waals surface area contributed by atoms with Gasteiger partial charge in [-0.1, -0.05) is 6.42 Å². The maximum atomic E-state index is 11.2. The highest BCUT2D eigenvalue weighted by molar-refractivity contribution is 5.80. The molecular weight excluding hydrogens is 154 g/mol. The first kappa shape index (κ1) is 11.4. The van der Waals surface area contributed by atoms with E-state index >= 15 is 0 Å². The summed E-state index contributed by atoms with van der Waals surface area (Å²) in [5, 5.41) is 0. The zero-order valence-electron chi connectivity index (χ0n) is 7.92. The Morgan fingerprint density at radius 1 is 1.42 bits per heavy atom. The molecule has 0 spiro atoms. The molecule has 0 bridgehead atoms. The SMILES string of the molecule is CN(C)C(=O)[C@@H](N)CCCCN. The van der Waals surface area contributed by atoms with E-state index < -0.39 is 0 Å². The lowest BCUT2D eigenvalue weighted by atomic mass is 10.1. The van der Waals surface area contributed by atoms with Crippen LogP contribution in [0, 0.1) is 0 Å². The van der Waals surface area contributed by atoms with Crippen LogP contribution in [-0.4, -0.2) is 37.5 Å². The Morgan fingerprint density at radius 3 is 2.42 bits per heavy atom. The van der Waals surface area contributed by atoms with Gasteiger partial charge in [-0.3, -0.25) is 4.79 Å². The molecule has 0 aromatic carbocycles. The van der Waals surface area contributed by atoms with Crippen LogP contribution in [0.25, 0.3) is 0 Å². The van der Waals surface area contributed by atoms with Crippen molar-refractivity contribution in [1.82, 2.24) is 4.90 Å². The highest BCUT2D eigenvalue weighted by Crippen LogP contribution is 1.99. The molecule has 0 aromatic rings. The lowest BCUT2D eigenvalue weighted by Crippen LogP contribution is -2.39. The van der Waals surface area contributed by atoms with Crippen molar-refractivity contribution in [2.24, 2.45) is 11.5 Å². The lowest BCUT2D eigenvalue weighted by Gasteiger charge is -2.16. The summed E-state index contributed by atoms with van der Waals surface area (Å²) in [4.78, 5) is 12.7. The molecule has 1 amide bonds. The van der Waals surface area contributed by atoms with E-state index in [4.69, 9.17) is 11.5 Å². The van der Waals surface area contributed by atoms with Crippen LogP contribution >= 0.6 is 0 Å². The quantitative estimate of drug-likeness (QED) is 0.552. The summed E-state index contributed by atoms with van der Waals surface area (Å²) < 4.78 is 0. The summed E-state index contributed by atoms with van der Waals surface area (Å²) in [6.07, 6.45) is 2.60. The standard InChI is InChI=1S/C8H19N3O/c1-11(2)8(12)7(10)5-3-4-6-9/h7H,3-6,9-10H2,1-2H3/t7-/m0/s1. The smallest absolute Gasteiger partial charge is 0.238 e. The van der Waals surface area contributed by atoms with Crippen LogP contribution in [0.2, 0.25) is 0 Å². The van der Waals surface area contributed by atoms with Crippen LogP contribution in [-0.2, 0) is 4.79 Å². The minimum Gasteiger partial charge on any atom is -0.347 e. The summed E-state index contributed by atoms with van der Waals surface area (Å²) in [5.41, 5.74) is 10.9. The fraction of sp³-hybridized carbons (Fsp3) is 0.875. The number of carbonyl (C=O) groups is 1. The molecule has 0 saturated carbocycles. The molecule has 0 aliphatic heterocycles. The van der Waals surface area contributed by atoms with Gasteiger partial charge in [0.15, 0.2) is 0 Å². The van der Waals surface area contributed by atoms with Crippen molar-refractivity contribution in [2.45, 2.75) is 25.3 Å². The summed E-state index contributed by atoms with van der Waals surface area (Å²) in [5.74, 6) is -0.00739. The predicted octanol–water partition coefficient (Wildman–Crippen LogP) is -0.469. The summed E-state index contributed by atoms with van der Waals surface area (Å²) >= 11 is 0. The van der Waals surface area contributed by atoms with E-state index in [0.717, 1.165) is 19.3 Å². The van der Waals surface area contributed by atoms with Gasteiger partial charge in [0, 0.05) is 14.1 Å². The van der Waals surface area contributed by atoms with Gasteiger partial charge in [0.05, 0.1) is 6.04 Å². The van der Waals surface area contributed by atoms with Crippen molar-refractivity contribution in [3.8, 4) is 0 Å². The maximum absolute atomic E-state index is 11.2. The van der Waals surface area contributed by atoms with E-state index in [9.17, 15) is 4.79 Å². The maximum Gasteiger partial charge on any atom is 0.238 e. The van der Waals surface area contributed by atoms with Gasteiger partial charge >= 0.3 is 0 Å². The van der Waals surface area contributed by atoms with Gasteiger partial charge in [0.2, 0.25) is 5.91 Å². The summed E-state index contributed by atoms with van der Waals surface area (Å²) in [6, 6.07) is -0.355. The average Bonchev–Trinajstić information content (AvgIpc) is 2.03. The van der Waals surface area contributed by atoms with Crippen LogP contribution in [0.5, 0.6) is 0 Å². The molecule has 0 fully saturated rings. The van der Waals surface area contributed by atoms with Gasteiger partial charge < -0.3 is 16.4 Å². The van der Waals surface area contributed by atoms with Crippen LogP contribution in [0.1, 0.15) is 19.3 Å². The van der Waals surface area contributed by atoms with Gasteiger partial charge in [-0.25, -0.2) is 0 Å². The largest absolute Gasteiger partial charge is 0.347 e. The van der Waals surface area contributed by atoms with E-state index in [1.165, 1.54) is 4.90 Å². The second-order valence-electron chi connectivity index (χ2n) is 3.12. The molecule has 0 rings (SSSR count). The van der Waals surface area contributed by atoms with E-state index in [2.05, 4.69) is 0 Å². The minimum absolute atomic E-state index is 0.00739. The molecular formula is C8H19N3O. The van der Waals surface area contributed by atoms with Crippen molar-refractivity contribution in [3.63, 3.8) is 0 Å². The third-order valence-electron chi connectivity index (χ3n) is 1.73. The number of amides is 1. The van der Waals surface area contributed by atoms with E-state index in [-0.39, 0.29) is 11.9 Å². The Hall–Kier alpha value is -0.610. The van der Waals surface area contributed by atoms with Crippen molar-refractivity contribution in [1.29, 1.82) is 0 Å². The van der Waals surface area contributed by atoms with Gasteiger partial charge in [0.25, 0.3) is 0 Å². The molecule has 12 heavy (non-hydrogen) atoms. The van der Waals surface area contributed by atoms with Crippen molar-refractivity contribution in [3.05, 3.63) is 0 Å². The number of nitrogens with two attached hydrogens (primary N) is 2. The summed E-state index contributed by atoms with van der Waals surface area (Å²) in [6.45, 7) is 0.670. The Balaban J connectivity index is 3.57. The van der Waals surface area contributed by atoms with Crippen molar-refractivity contribution >= 4 is 5.91 Å². The fourth-order valence-electron chi connectivity index (χ4n) is 0.964. The average molecular weight is 173 g/mol. The van der Waals surface area contributed by atoms with Crippen LogP contribution in [0.3, 0.4) is 0 Å². The van der Waals surface area contributed by atoms with E-state index in [1.807, 2.05) is 0 Å². The number of unbranched alkanes of at least 4 members (excludes halogenated alkanes) is 1. The molecule has 0 heterocycles. The molecule has 4 nitrogen and oxygen atoms in total. The first-order valence-corrected chi connectivity index (χ1v) is 4.26. The number of rotatable bonds is 5. The third-order valence-corrected chi connectivity index (χ3v) is 1.73. The Bertz CT molecular complexity index is 136. The highest BCUT2D eigenvalue weighted by Gasteiger charge is 2.13. The number of carbonyl (C=O) groups excluding carboxylic acids is 1. The molecule has 0 radical (unpaired) electrons. The Labute approximate surface area is 73.9 Å². The van der Waals surface area contributed by atoms with Crippen molar-refractivity contribution < 1.29 is 4.79 Å². The van der Waals surface area contributed by atoms with Crippen LogP contribution < -0.4 is 11.5 Å². The topological polar surface area (TPSA) is 72.3 Å². The highest BCUT2D eigenvalue weighted by atomic mass is 16.2. The molecule has 72 valence electrons.